The Kier molecular flexibility index (Phi) is 28.8. The van der Waals surface area contributed by atoms with E-state index < -0.39 is 0 Å². The van der Waals surface area contributed by atoms with Gasteiger partial charge in [-0.25, -0.2) is 5.11 Å². The fraction of sp³-hybridized carbons (Fsp3) is 1.00. The van der Waals surface area contributed by atoms with Gasteiger partial charge in [-0.2, -0.15) is 0 Å². The van der Waals surface area contributed by atoms with Gasteiger partial charge in [0.2, 0.25) is 0 Å². The van der Waals surface area contributed by atoms with Gasteiger partial charge in [0.05, 0.1) is 6.61 Å². The maximum absolute atomic E-state index is 8.93. The summed E-state index contributed by atoms with van der Waals surface area (Å²) in [7, 11) is 0. The van der Waals surface area contributed by atoms with Gasteiger partial charge >= 0.3 is 0 Å². The first-order valence-corrected chi connectivity index (χ1v) is 0.996. The summed E-state index contributed by atoms with van der Waals surface area (Å²) in [6.45, 7) is 1.57. The van der Waals surface area contributed by atoms with Crippen molar-refractivity contribution in [2.45, 2.75) is 6.92 Å². The second-order valence-electron chi connectivity index (χ2n) is 0.289. The van der Waals surface area contributed by atoms with Crippen molar-refractivity contribution in [3.63, 3.8) is 0 Å². The first-order valence-electron chi connectivity index (χ1n) is 0.996. The predicted molar refractivity (Wildman–Crippen MR) is 14.8 cm³/mol. The zero-order valence-corrected chi connectivity index (χ0v) is 2.62. The fourth-order valence-electron chi connectivity index (χ4n) is 0. The van der Waals surface area contributed by atoms with Crippen molar-refractivity contribution in [2.24, 2.45) is 0 Å². The van der Waals surface area contributed by atoms with Gasteiger partial charge in [0.25, 0.3) is 0 Å². The minimum atomic E-state index is 0. The van der Waals surface area contributed by atoms with Crippen LogP contribution in [-0.2, 0) is 5.11 Å². The van der Waals surface area contributed by atoms with Crippen LogP contribution >= 0.6 is 0 Å². The molecule has 0 fully saturated rings. The highest BCUT2D eigenvalue weighted by molar-refractivity contribution is 3.83. The average molecular weight is 63.1 g/mol. The van der Waals surface area contributed by atoms with Crippen LogP contribution in [-0.4, -0.2) is 12.1 Å². The first-order chi connectivity index (χ1) is 1.41. The van der Waals surface area contributed by atoms with Gasteiger partial charge in [-0.3, -0.25) is 0 Å². The van der Waals surface area contributed by atoms with Crippen LogP contribution in [0.15, 0.2) is 0 Å². The molecule has 0 heterocycles. The van der Waals surface area contributed by atoms with E-state index >= 15 is 0 Å². The Balaban J connectivity index is 0. The van der Waals surface area contributed by atoms with E-state index in [1.807, 2.05) is 0 Å². The molecule has 0 aliphatic carbocycles. The van der Waals surface area contributed by atoms with Gasteiger partial charge in [-0.15, -0.1) is 0 Å². The van der Waals surface area contributed by atoms with Gasteiger partial charge in [-0.05, 0) is 6.92 Å². The third kappa shape index (κ3) is 254. The monoisotopic (exact) mass is 63.0 g/mol. The molecule has 0 aromatic rings. The summed E-state index contributed by atoms with van der Waals surface area (Å²) < 4.78 is 0. The fourth-order valence-corrected chi connectivity index (χ4v) is 0. The highest BCUT2D eigenvalue weighted by atomic mass is 16.2. The molecule has 4 heavy (non-hydrogen) atoms. The topological polar surface area (TPSA) is 51.4 Å². The Morgan fingerprint density at radius 2 is 1.75 bits per heavy atom. The van der Waals surface area contributed by atoms with Crippen LogP contribution in [0.4, 0.5) is 0 Å². The Bertz CT molecular complexity index is 4.00. The summed E-state index contributed by atoms with van der Waals surface area (Å²) in [6, 6.07) is 0. The second kappa shape index (κ2) is 12.7. The van der Waals surface area contributed by atoms with Crippen LogP contribution in [0, 0.1) is 0 Å². The van der Waals surface area contributed by atoms with Gasteiger partial charge in [0.15, 0.2) is 0 Å². The average Bonchev–Trinajstić information content (AvgIpc) is 0.918. The Hall–Kier alpha value is -0.0800. The quantitative estimate of drug-likeness (QED) is 0.367. The molecular formula is C2H7O2. The van der Waals surface area contributed by atoms with Crippen LogP contribution in [0.25, 0.3) is 0 Å². The highest BCUT2D eigenvalue weighted by Gasteiger charge is 1.39. The van der Waals surface area contributed by atoms with E-state index in [0.717, 1.165) is 0 Å². The van der Waals surface area contributed by atoms with E-state index in [9.17, 15) is 0 Å². The van der Waals surface area contributed by atoms with Gasteiger partial charge in [0.1, 0.15) is 0 Å². The Morgan fingerprint density at radius 1 is 1.75 bits per heavy atom. The van der Waals surface area contributed by atoms with Gasteiger partial charge in [-0.1, -0.05) is 0 Å². The third-order valence-electron chi connectivity index (χ3n) is 0. The van der Waals surface area contributed by atoms with E-state index in [1.54, 1.807) is 6.92 Å². The van der Waals surface area contributed by atoms with Crippen molar-refractivity contribution >= 4 is 0 Å². The molecule has 0 bridgehead atoms. The molecule has 0 saturated heterocycles. The van der Waals surface area contributed by atoms with Crippen LogP contribution in [0.2, 0.25) is 0 Å². The summed E-state index contributed by atoms with van der Waals surface area (Å²) in [6.07, 6.45) is 0. The van der Waals surface area contributed by atoms with E-state index in [-0.39, 0.29) is 12.1 Å². The van der Waals surface area contributed by atoms with Gasteiger partial charge in [0, 0.05) is 0 Å². The Labute approximate surface area is 25.4 Å². The van der Waals surface area contributed by atoms with Crippen molar-refractivity contribution in [3.8, 4) is 0 Å². The molecule has 0 saturated carbocycles. The van der Waals surface area contributed by atoms with Crippen molar-refractivity contribution in [3.05, 3.63) is 0 Å². The number of hydrogen-bond donors (Lipinski definition) is 0. The van der Waals surface area contributed by atoms with Crippen LogP contribution < -0.4 is 0 Å². The standard InChI is InChI=1S/C2H5O.H2O/c1-2-3;/h2H2,1H3;1H2. The first kappa shape index (κ1) is 9.07. The molecule has 1 radical (unpaired) electrons. The zero-order chi connectivity index (χ0) is 2.71. The summed E-state index contributed by atoms with van der Waals surface area (Å²) in [5, 5.41) is 8.93. The molecule has 27 valence electrons. The molecule has 0 aromatic carbocycles. The molecule has 0 rings (SSSR count). The lowest BCUT2D eigenvalue weighted by Crippen LogP contribution is -1.52. The number of rotatable bonds is 0. The summed E-state index contributed by atoms with van der Waals surface area (Å²) in [4.78, 5) is 0. The molecule has 2 nitrogen and oxygen atoms in total. The van der Waals surface area contributed by atoms with Crippen molar-refractivity contribution in [2.75, 3.05) is 6.61 Å². The third-order valence-corrected chi connectivity index (χ3v) is 0. The second-order valence-corrected chi connectivity index (χ2v) is 0.289. The molecule has 0 atom stereocenters. The Morgan fingerprint density at radius 3 is 1.75 bits per heavy atom. The molecular weight excluding hydrogens is 56.0 g/mol. The molecule has 0 aromatic heterocycles. The normalized spacial score (nSPS) is 4.50. The maximum atomic E-state index is 8.93. The molecule has 0 spiro atoms. The summed E-state index contributed by atoms with van der Waals surface area (Å²) in [5.74, 6) is 0. The largest absolute Gasteiger partial charge is 0.412 e. The molecule has 0 amide bonds. The van der Waals surface area contributed by atoms with E-state index in [4.69, 9.17) is 5.11 Å². The molecule has 0 aliphatic rings. The van der Waals surface area contributed by atoms with Crippen molar-refractivity contribution in [1.82, 2.24) is 0 Å². The molecule has 2 heteroatoms. The van der Waals surface area contributed by atoms with Gasteiger partial charge < -0.3 is 5.48 Å². The zero-order valence-electron chi connectivity index (χ0n) is 2.62. The maximum Gasteiger partial charge on any atom is 0.0794 e. The molecule has 0 aliphatic heterocycles. The molecule has 2 N–H and O–H groups in total. The summed E-state index contributed by atoms with van der Waals surface area (Å²) >= 11 is 0. The highest BCUT2D eigenvalue weighted by Crippen LogP contribution is 1.33. The van der Waals surface area contributed by atoms with Crippen LogP contribution in [0.5, 0.6) is 0 Å². The minimum Gasteiger partial charge on any atom is -0.412 e. The van der Waals surface area contributed by atoms with Crippen LogP contribution in [0.1, 0.15) is 6.92 Å². The lowest BCUT2D eigenvalue weighted by atomic mass is 10.9. The predicted octanol–water partition coefficient (Wildman–Crippen LogP) is -0.388. The van der Waals surface area contributed by atoms with Crippen molar-refractivity contribution in [1.29, 1.82) is 0 Å². The smallest absolute Gasteiger partial charge is 0.0794 e. The number of hydrogen-bond acceptors (Lipinski definition) is 0. The lowest BCUT2D eigenvalue weighted by molar-refractivity contribution is 0.212. The van der Waals surface area contributed by atoms with E-state index in [0.29, 0.717) is 0 Å². The lowest BCUT2D eigenvalue weighted by Gasteiger charge is -1.45. The molecule has 0 unspecified atom stereocenters. The van der Waals surface area contributed by atoms with E-state index in [1.165, 1.54) is 0 Å². The van der Waals surface area contributed by atoms with E-state index in [2.05, 4.69) is 0 Å². The summed E-state index contributed by atoms with van der Waals surface area (Å²) in [5.41, 5.74) is 0. The van der Waals surface area contributed by atoms with Crippen LogP contribution in [0.3, 0.4) is 0 Å². The SMILES string of the molecule is CC[O].O. The van der Waals surface area contributed by atoms with Crippen molar-refractivity contribution < 1.29 is 10.6 Å². The minimum absolute atomic E-state index is 0.